The SMILES string of the molecule is CCCCCC(C(C)C)C(C)CCCC. The third-order valence-electron chi connectivity index (χ3n) is 3.74. The molecule has 0 heterocycles. The third kappa shape index (κ3) is 6.98. The van der Waals surface area contributed by atoms with E-state index in [2.05, 4.69) is 34.6 Å². The standard InChI is InChI=1S/C15H32/c1-6-8-10-12-15(13(3)4)14(5)11-9-7-2/h13-15H,6-12H2,1-5H3. The maximum absolute atomic E-state index is 2.46. The first-order chi connectivity index (χ1) is 7.13. The summed E-state index contributed by atoms with van der Waals surface area (Å²) >= 11 is 0. The normalized spacial score (nSPS) is 15.6. The van der Waals surface area contributed by atoms with Crippen LogP contribution < -0.4 is 0 Å². The second kappa shape index (κ2) is 9.24. The molecule has 0 rings (SSSR count). The summed E-state index contributed by atoms with van der Waals surface area (Å²) in [4.78, 5) is 0. The summed E-state index contributed by atoms with van der Waals surface area (Å²) in [6.07, 6.45) is 9.87. The molecule has 0 aliphatic rings. The van der Waals surface area contributed by atoms with E-state index in [1.165, 1.54) is 44.9 Å². The Morgan fingerprint density at radius 2 is 1.33 bits per heavy atom. The highest BCUT2D eigenvalue weighted by atomic mass is 14.2. The van der Waals surface area contributed by atoms with Crippen LogP contribution in [-0.2, 0) is 0 Å². The molecular weight excluding hydrogens is 180 g/mol. The molecule has 2 unspecified atom stereocenters. The summed E-state index contributed by atoms with van der Waals surface area (Å²) < 4.78 is 0. The molecule has 0 fully saturated rings. The van der Waals surface area contributed by atoms with Crippen LogP contribution in [0.4, 0.5) is 0 Å². The Balaban J connectivity index is 3.89. The van der Waals surface area contributed by atoms with Gasteiger partial charge < -0.3 is 0 Å². The van der Waals surface area contributed by atoms with E-state index < -0.39 is 0 Å². The van der Waals surface area contributed by atoms with Gasteiger partial charge in [0.15, 0.2) is 0 Å². The minimum Gasteiger partial charge on any atom is -0.0654 e. The molecule has 0 aromatic rings. The molecule has 0 aromatic carbocycles. The molecule has 0 heteroatoms. The van der Waals surface area contributed by atoms with Gasteiger partial charge in [0, 0.05) is 0 Å². The van der Waals surface area contributed by atoms with Crippen molar-refractivity contribution in [1.82, 2.24) is 0 Å². The van der Waals surface area contributed by atoms with Crippen LogP contribution in [0.25, 0.3) is 0 Å². The Morgan fingerprint density at radius 1 is 0.733 bits per heavy atom. The lowest BCUT2D eigenvalue weighted by atomic mass is 9.78. The van der Waals surface area contributed by atoms with Crippen molar-refractivity contribution in [2.45, 2.75) is 79.6 Å². The topological polar surface area (TPSA) is 0 Å². The quantitative estimate of drug-likeness (QED) is 0.432. The molecule has 0 saturated heterocycles. The largest absolute Gasteiger partial charge is 0.0654 e. The average molecular weight is 212 g/mol. The van der Waals surface area contributed by atoms with Crippen molar-refractivity contribution < 1.29 is 0 Å². The van der Waals surface area contributed by atoms with Crippen molar-refractivity contribution in [2.24, 2.45) is 17.8 Å². The monoisotopic (exact) mass is 212 g/mol. The first-order valence-corrected chi connectivity index (χ1v) is 7.13. The van der Waals surface area contributed by atoms with Crippen LogP contribution in [-0.4, -0.2) is 0 Å². The summed E-state index contributed by atoms with van der Waals surface area (Å²) in [6, 6.07) is 0. The van der Waals surface area contributed by atoms with Crippen molar-refractivity contribution in [2.75, 3.05) is 0 Å². The van der Waals surface area contributed by atoms with Gasteiger partial charge in [-0.25, -0.2) is 0 Å². The molecular formula is C15H32. The zero-order valence-electron chi connectivity index (χ0n) is 11.7. The van der Waals surface area contributed by atoms with Crippen LogP contribution in [0, 0.1) is 17.8 Å². The Kier molecular flexibility index (Phi) is 9.24. The van der Waals surface area contributed by atoms with Gasteiger partial charge in [0.25, 0.3) is 0 Å². The third-order valence-corrected chi connectivity index (χ3v) is 3.74. The molecule has 0 spiro atoms. The Morgan fingerprint density at radius 3 is 1.80 bits per heavy atom. The van der Waals surface area contributed by atoms with Gasteiger partial charge >= 0.3 is 0 Å². The van der Waals surface area contributed by atoms with Crippen molar-refractivity contribution in [3.63, 3.8) is 0 Å². The van der Waals surface area contributed by atoms with E-state index >= 15 is 0 Å². The summed E-state index contributed by atoms with van der Waals surface area (Å²) in [5.74, 6) is 2.76. The molecule has 0 N–H and O–H groups in total. The minimum atomic E-state index is 0.869. The highest BCUT2D eigenvalue weighted by Crippen LogP contribution is 2.29. The first-order valence-electron chi connectivity index (χ1n) is 7.13. The van der Waals surface area contributed by atoms with Crippen LogP contribution in [0.15, 0.2) is 0 Å². The maximum Gasteiger partial charge on any atom is -0.0365 e. The highest BCUT2D eigenvalue weighted by molar-refractivity contribution is 4.70. The lowest BCUT2D eigenvalue weighted by Gasteiger charge is -2.27. The Labute approximate surface area is 97.8 Å². The number of unbranched alkanes of at least 4 members (excludes halogenated alkanes) is 3. The molecule has 92 valence electrons. The van der Waals surface area contributed by atoms with Crippen LogP contribution in [0.5, 0.6) is 0 Å². The zero-order chi connectivity index (χ0) is 11.7. The van der Waals surface area contributed by atoms with Gasteiger partial charge in [-0.1, -0.05) is 73.1 Å². The van der Waals surface area contributed by atoms with Crippen LogP contribution in [0.1, 0.15) is 79.6 Å². The van der Waals surface area contributed by atoms with Crippen LogP contribution in [0.2, 0.25) is 0 Å². The van der Waals surface area contributed by atoms with Crippen molar-refractivity contribution >= 4 is 0 Å². The summed E-state index contributed by atoms with van der Waals surface area (Å²) in [5.41, 5.74) is 0. The molecule has 0 aromatic heterocycles. The number of rotatable bonds is 9. The lowest BCUT2D eigenvalue weighted by Crippen LogP contribution is -2.18. The van der Waals surface area contributed by atoms with Crippen molar-refractivity contribution in [3.05, 3.63) is 0 Å². The molecule has 0 bridgehead atoms. The smallest absolute Gasteiger partial charge is 0.0365 e. The zero-order valence-corrected chi connectivity index (χ0v) is 11.7. The highest BCUT2D eigenvalue weighted by Gasteiger charge is 2.19. The summed E-state index contributed by atoms with van der Waals surface area (Å²) in [6.45, 7) is 11.9. The van der Waals surface area contributed by atoms with E-state index in [0.29, 0.717) is 0 Å². The Bertz CT molecular complexity index is 126. The molecule has 0 aliphatic heterocycles. The summed E-state index contributed by atoms with van der Waals surface area (Å²) in [7, 11) is 0. The van der Waals surface area contributed by atoms with Gasteiger partial charge in [0.1, 0.15) is 0 Å². The predicted molar refractivity (Wildman–Crippen MR) is 71.2 cm³/mol. The second-order valence-electron chi connectivity index (χ2n) is 5.52. The van der Waals surface area contributed by atoms with Gasteiger partial charge in [-0.15, -0.1) is 0 Å². The molecule has 0 nitrogen and oxygen atoms in total. The fourth-order valence-corrected chi connectivity index (χ4v) is 2.65. The average Bonchev–Trinajstić information content (AvgIpc) is 2.20. The van der Waals surface area contributed by atoms with Crippen molar-refractivity contribution in [1.29, 1.82) is 0 Å². The van der Waals surface area contributed by atoms with Gasteiger partial charge in [-0.2, -0.15) is 0 Å². The Hall–Kier alpha value is 0. The number of hydrogen-bond acceptors (Lipinski definition) is 0. The molecule has 0 aliphatic carbocycles. The van der Waals surface area contributed by atoms with E-state index in [-0.39, 0.29) is 0 Å². The number of hydrogen-bond donors (Lipinski definition) is 0. The van der Waals surface area contributed by atoms with Crippen molar-refractivity contribution in [3.8, 4) is 0 Å². The van der Waals surface area contributed by atoms with E-state index in [1.54, 1.807) is 0 Å². The van der Waals surface area contributed by atoms with Gasteiger partial charge in [-0.05, 0) is 24.2 Å². The van der Waals surface area contributed by atoms with Gasteiger partial charge in [0.05, 0.1) is 0 Å². The van der Waals surface area contributed by atoms with E-state index in [9.17, 15) is 0 Å². The van der Waals surface area contributed by atoms with E-state index in [1.807, 2.05) is 0 Å². The van der Waals surface area contributed by atoms with Gasteiger partial charge in [0.2, 0.25) is 0 Å². The van der Waals surface area contributed by atoms with Gasteiger partial charge in [-0.3, -0.25) is 0 Å². The lowest BCUT2D eigenvalue weighted by molar-refractivity contribution is 0.231. The van der Waals surface area contributed by atoms with E-state index in [4.69, 9.17) is 0 Å². The fraction of sp³-hybridized carbons (Fsp3) is 1.00. The second-order valence-corrected chi connectivity index (χ2v) is 5.52. The first kappa shape index (κ1) is 15.0. The molecule has 0 saturated carbocycles. The molecule has 0 radical (unpaired) electrons. The molecule has 2 atom stereocenters. The minimum absolute atomic E-state index is 0.869. The molecule has 15 heavy (non-hydrogen) atoms. The maximum atomic E-state index is 2.46. The van der Waals surface area contributed by atoms with Crippen LogP contribution in [0.3, 0.4) is 0 Å². The predicted octanol–water partition coefficient (Wildman–Crippen LogP) is 5.67. The van der Waals surface area contributed by atoms with E-state index in [0.717, 1.165) is 17.8 Å². The molecule has 0 amide bonds. The fourth-order valence-electron chi connectivity index (χ4n) is 2.65. The summed E-state index contributed by atoms with van der Waals surface area (Å²) in [5, 5.41) is 0. The van der Waals surface area contributed by atoms with Crippen LogP contribution >= 0.6 is 0 Å².